The topological polar surface area (TPSA) is 98.1 Å². The van der Waals surface area contributed by atoms with Gasteiger partial charge in [0.05, 0.1) is 33.1 Å². The molecule has 1 aliphatic rings. The molecule has 0 spiro atoms. The van der Waals surface area contributed by atoms with Crippen LogP contribution in [-0.4, -0.2) is 27.2 Å². The fourth-order valence-electron chi connectivity index (χ4n) is 3.40. The number of amides is 2. The molecule has 8 nitrogen and oxygen atoms in total. The lowest BCUT2D eigenvalue weighted by atomic mass is 10.1. The maximum atomic E-state index is 12.9. The Kier molecular flexibility index (Phi) is 4.84. The van der Waals surface area contributed by atoms with Crippen molar-refractivity contribution in [1.82, 2.24) is 9.38 Å². The fraction of sp³-hybridized carbons (Fsp3) is 0.0455. The van der Waals surface area contributed by atoms with Crippen LogP contribution in [0.15, 0.2) is 64.9 Å². The molecule has 0 N–H and O–H groups in total. The number of hydrogen-bond acceptors (Lipinski definition) is 7. The van der Waals surface area contributed by atoms with Crippen LogP contribution in [-0.2, 0) is 11.3 Å². The summed E-state index contributed by atoms with van der Waals surface area (Å²) in [6.45, 7) is -0.210. The van der Waals surface area contributed by atoms with Gasteiger partial charge in [0.25, 0.3) is 17.4 Å². The third-order valence-electron chi connectivity index (χ3n) is 4.92. The average molecular weight is 466 g/mol. The highest BCUT2D eigenvalue weighted by Crippen LogP contribution is 2.33. The summed E-state index contributed by atoms with van der Waals surface area (Å²) in [7, 11) is 0. The molecule has 1 aliphatic heterocycles. The van der Waals surface area contributed by atoms with E-state index in [-0.39, 0.29) is 39.6 Å². The van der Waals surface area contributed by atoms with Crippen LogP contribution in [0.25, 0.3) is 4.96 Å². The SMILES string of the molecule is O=C(OCc1cc(=O)n2ccsc2n1)c1ccc2c(c1)C(=O)N(c1ccccc1Cl)C2=O. The normalized spacial score (nSPS) is 13.0. The summed E-state index contributed by atoms with van der Waals surface area (Å²) in [6.07, 6.45) is 1.61. The van der Waals surface area contributed by atoms with Crippen LogP contribution in [0, 0.1) is 0 Å². The molecule has 0 unspecified atom stereocenters. The maximum absolute atomic E-state index is 12.9. The van der Waals surface area contributed by atoms with Crippen molar-refractivity contribution in [3.05, 3.63) is 97.9 Å². The van der Waals surface area contributed by atoms with Gasteiger partial charge in [-0.25, -0.2) is 14.7 Å². The number of halogens is 1. The van der Waals surface area contributed by atoms with Crippen molar-refractivity contribution in [2.24, 2.45) is 0 Å². The molecular weight excluding hydrogens is 454 g/mol. The maximum Gasteiger partial charge on any atom is 0.338 e. The number of rotatable bonds is 4. The summed E-state index contributed by atoms with van der Waals surface area (Å²) in [5.41, 5.74) is 0.655. The summed E-state index contributed by atoms with van der Waals surface area (Å²) in [5.74, 6) is -1.81. The van der Waals surface area contributed by atoms with Crippen LogP contribution in [0.2, 0.25) is 5.02 Å². The second-order valence-electron chi connectivity index (χ2n) is 6.87. The summed E-state index contributed by atoms with van der Waals surface area (Å²) in [5, 5.41) is 1.99. The van der Waals surface area contributed by atoms with Crippen molar-refractivity contribution in [2.45, 2.75) is 6.61 Å². The summed E-state index contributed by atoms with van der Waals surface area (Å²) in [4.78, 5) is 56.0. The highest BCUT2D eigenvalue weighted by molar-refractivity contribution is 7.15. The Labute approximate surface area is 189 Å². The summed E-state index contributed by atoms with van der Waals surface area (Å²) < 4.78 is 6.66. The van der Waals surface area contributed by atoms with E-state index in [1.54, 1.807) is 35.8 Å². The first-order valence-electron chi connectivity index (χ1n) is 9.34. The van der Waals surface area contributed by atoms with E-state index in [4.69, 9.17) is 16.3 Å². The number of anilines is 1. The Hall–Kier alpha value is -3.82. The zero-order chi connectivity index (χ0) is 22.4. The van der Waals surface area contributed by atoms with Gasteiger partial charge in [0.2, 0.25) is 0 Å². The number of esters is 1. The van der Waals surface area contributed by atoms with Crippen molar-refractivity contribution in [1.29, 1.82) is 0 Å². The van der Waals surface area contributed by atoms with Gasteiger partial charge in [-0.05, 0) is 30.3 Å². The molecule has 0 atom stereocenters. The van der Waals surface area contributed by atoms with E-state index in [1.807, 2.05) is 0 Å². The van der Waals surface area contributed by atoms with Gasteiger partial charge >= 0.3 is 5.97 Å². The van der Waals surface area contributed by atoms with Crippen molar-refractivity contribution in [2.75, 3.05) is 4.90 Å². The third kappa shape index (κ3) is 3.28. The Balaban J connectivity index is 1.38. The molecule has 0 aliphatic carbocycles. The van der Waals surface area contributed by atoms with Gasteiger partial charge < -0.3 is 4.74 Å². The van der Waals surface area contributed by atoms with Gasteiger partial charge in [0.15, 0.2) is 4.96 Å². The first-order chi connectivity index (χ1) is 15.4. The first kappa shape index (κ1) is 20.1. The number of ether oxygens (including phenoxy) is 1. The second-order valence-corrected chi connectivity index (χ2v) is 8.16. The zero-order valence-electron chi connectivity index (χ0n) is 16.1. The van der Waals surface area contributed by atoms with Gasteiger partial charge in [-0.2, -0.15) is 0 Å². The first-order valence-corrected chi connectivity index (χ1v) is 10.6. The van der Waals surface area contributed by atoms with E-state index in [0.717, 1.165) is 4.90 Å². The van der Waals surface area contributed by atoms with Gasteiger partial charge in [0.1, 0.15) is 6.61 Å². The van der Waals surface area contributed by atoms with Crippen molar-refractivity contribution >= 4 is 51.4 Å². The Bertz CT molecular complexity index is 1490. The molecule has 3 heterocycles. The highest BCUT2D eigenvalue weighted by atomic mass is 35.5. The number of imide groups is 1. The van der Waals surface area contributed by atoms with E-state index in [2.05, 4.69) is 4.98 Å². The number of hydrogen-bond donors (Lipinski definition) is 0. The molecule has 0 fully saturated rings. The molecule has 0 bridgehead atoms. The minimum absolute atomic E-state index is 0.0840. The van der Waals surface area contributed by atoms with Gasteiger partial charge in [-0.15, -0.1) is 11.3 Å². The molecule has 0 radical (unpaired) electrons. The number of aromatic nitrogens is 2. The number of carbonyl (C=O) groups excluding carboxylic acids is 3. The Morgan fingerprint density at radius 1 is 1.03 bits per heavy atom. The lowest BCUT2D eigenvalue weighted by Crippen LogP contribution is -2.29. The second kappa shape index (κ2) is 7.70. The van der Waals surface area contributed by atoms with E-state index >= 15 is 0 Å². The monoisotopic (exact) mass is 465 g/mol. The lowest BCUT2D eigenvalue weighted by molar-refractivity contribution is 0.0467. The van der Waals surface area contributed by atoms with Crippen molar-refractivity contribution < 1.29 is 19.1 Å². The van der Waals surface area contributed by atoms with Crippen molar-refractivity contribution in [3.8, 4) is 0 Å². The average Bonchev–Trinajstić information content (AvgIpc) is 3.36. The molecule has 2 aromatic carbocycles. The van der Waals surface area contributed by atoms with E-state index in [0.29, 0.717) is 10.7 Å². The molecule has 32 heavy (non-hydrogen) atoms. The number of benzene rings is 2. The molecule has 2 aromatic heterocycles. The molecule has 10 heteroatoms. The number of thiazole rings is 1. The largest absolute Gasteiger partial charge is 0.456 e. The molecular formula is C22H12ClN3O5S. The lowest BCUT2D eigenvalue weighted by Gasteiger charge is -2.15. The van der Waals surface area contributed by atoms with Crippen LogP contribution in [0.3, 0.4) is 0 Å². The van der Waals surface area contributed by atoms with Gasteiger partial charge in [-0.1, -0.05) is 23.7 Å². The molecule has 0 saturated carbocycles. The molecule has 4 aromatic rings. The highest BCUT2D eigenvalue weighted by Gasteiger charge is 2.38. The molecule has 5 rings (SSSR count). The predicted molar refractivity (Wildman–Crippen MR) is 117 cm³/mol. The van der Waals surface area contributed by atoms with E-state index < -0.39 is 17.8 Å². The fourth-order valence-corrected chi connectivity index (χ4v) is 4.36. The minimum atomic E-state index is -0.711. The Morgan fingerprint density at radius 3 is 2.62 bits per heavy atom. The third-order valence-corrected chi connectivity index (χ3v) is 6.00. The van der Waals surface area contributed by atoms with Gasteiger partial charge in [-0.3, -0.25) is 18.8 Å². The summed E-state index contributed by atoms with van der Waals surface area (Å²) >= 11 is 7.44. The number of carbonyl (C=O) groups is 3. The summed E-state index contributed by atoms with van der Waals surface area (Å²) in [6, 6.07) is 11.9. The van der Waals surface area contributed by atoms with E-state index in [1.165, 1.54) is 40.0 Å². The van der Waals surface area contributed by atoms with Crippen LogP contribution in [0.4, 0.5) is 5.69 Å². The van der Waals surface area contributed by atoms with Crippen LogP contribution in [0.5, 0.6) is 0 Å². The number of fused-ring (bicyclic) bond motifs is 2. The number of nitrogens with zero attached hydrogens (tertiary/aromatic N) is 3. The van der Waals surface area contributed by atoms with Gasteiger partial charge in [0, 0.05) is 17.6 Å². The van der Waals surface area contributed by atoms with Crippen LogP contribution < -0.4 is 10.5 Å². The Morgan fingerprint density at radius 2 is 1.81 bits per heavy atom. The quantitative estimate of drug-likeness (QED) is 0.337. The molecule has 0 saturated heterocycles. The van der Waals surface area contributed by atoms with Crippen LogP contribution in [0.1, 0.15) is 36.8 Å². The zero-order valence-corrected chi connectivity index (χ0v) is 17.7. The van der Waals surface area contributed by atoms with Crippen LogP contribution >= 0.6 is 22.9 Å². The van der Waals surface area contributed by atoms with Crippen molar-refractivity contribution in [3.63, 3.8) is 0 Å². The molecule has 2 amide bonds. The smallest absolute Gasteiger partial charge is 0.338 e. The predicted octanol–water partition coefficient (Wildman–Crippen LogP) is 3.57. The van der Waals surface area contributed by atoms with E-state index in [9.17, 15) is 19.2 Å². The molecule has 158 valence electrons. The standard InChI is InChI=1S/C22H12ClN3O5S/c23-16-3-1-2-4-17(16)26-19(28)14-6-5-12(9-15(14)20(26)29)21(30)31-11-13-10-18(27)25-7-8-32-22(25)24-13/h1-10H,11H2. The number of para-hydroxylation sites is 1. The minimum Gasteiger partial charge on any atom is -0.456 e.